The third-order valence-corrected chi connectivity index (χ3v) is 11.9. The van der Waals surface area contributed by atoms with Crippen molar-refractivity contribution in [1.29, 1.82) is 0 Å². The summed E-state index contributed by atoms with van der Waals surface area (Å²) in [6, 6.07) is 11.9. The van der Waals surface area contributed by atoms with Gasteiger partial charge in [-0.3, -0.25) is 29.0 Å². The number of hydrogen-bond donors (Lipinski definition) is 3. The summed E-state index contributed by atoms with van der Waals surface area (Å²) in [6.07, 6.45) is -2.50. The molecular weight excluding hydrogens is 869 g/mol. The lowest BCUT2D eigenvalue weighted by molar-refractivity contribution is -0.171. The summed E-state index contributed by atoms with van der Waals surface area (Å²) < 4.78 is 18.2. The minimum Gasteiger partial charge on any atom is -0.460 e. The van der Waals surface area contributed by atoms with Crippen LogP contribution in [0, 0.1) is 23.7 Å². The van der Waals surface area contributed by atoms with Crippen molar-refractivity contribution in [3.63, 3.8) is 0 Å². The lowest BCUT2D eigenvalue weighted by Gasteiger charge is -2.36. The molecule has 16 heteroatoms. The fourth-order valence-corrected chi connectivity index (χ4v) is 8.22. The molecule has 0 aromatic heterocycles. The minimum absolute atomic E-state index is 0.00311. The number of likely N-dealkylation sites (N-methyl/N-ethyl adjacent to an activating group) is 4. The second-order valence-corrected chi connectivity index (χ2v) is 20.2. The third kappa shape index (κ3) is 18.6. The van der Waals surface area contributed by atoms with Crippen molar-refractivity contribution in [2.24, 2.45) is 35.1 Å². The number of nitrogens with two attached hydrogens (primary N) is 2. The molecule has 0 spiro atoms. The number of nitrogens with zero attached hydrogens (tertiary/aromatic N) is 4. The summed E-state index contributed by atoms with van der Waals surface area (Å²) in [5, 5.41) is 10.1. The maximum atomic E-state index is 14.7. The molecule has 16 nitrogen and oxygen atoms in total. The lowest BCUT2D eigenvalue weighted by atomic mass is 9.98. The van der Waals surface area contributed by atoms with E-state index in [1.807, 2.05) is 55.4 Å². The zero-order chi connectivity index (χ0) is 51.6. The molecule has 2 aromatic rings. The molecule has 0 saturated heterocycles. The number of amides is 2. The van der Waals surface area contributed by atoms with Gasteiger partial charge in [0.05, 0.1) is 24.2 Å². The molecule has 0 saturated carbocycles. The molecule has 0 aliphatic heterocycles. The van der Waals surface area contributed by atoms with Crippen LogP contribution in [0.4, 0.5) is 0 Å². The second kappa shape index (κ2) is 28.7. The van der Waals surface area contributed by atoms with Gasteiger partial charge < -0.3 is 45.4 Å². The number of carbonyl (C=O) groups is 6. The van der Waals surface area contributed by atoms with Crippen LogP contribution in [0.15, 0.2) is 60.7 Å². The highest BCUT2D eigenvalue weighted by Crippen LogP contribution is 2.26. The number of hydrogen-bond acceptors (Lipinski definition) is 14. The van der Waals surface area contributed by atoms with Crippen LogP contribution < -0.4 is 11.5 Å². The smallest absolute Gasteiger partial charge is 0.329 e. The van der Waals surface area contributed by atoms with E-state index in [1.54, 1.807) is 98.4 Å². The predicted molar refractivity (Wildman–Crippen MR) is 264 cm³/mol. The maximum Gasteiger partial charge on any atom is 0.329 e. The van der Waals surface area contributed by atoms with E-state index in [2.05, 4.69) is 0 Å². The average molecular weight is 953 g/mol. The molecule has 0 aliphatic rings. The van der Waals surface area contributed by atoms with Crippen molar-refractivity contribution in [3.05, 3.63) is 71.8 Å². The second-order valence-electron chi connectivity index (χ2n) is 20.2. The van der Waals surface area contributed by atoms with Crippen LogP contribution in [-0.4, -0.2) is 151 Å². The van der Waals surface area contributed by atoms with E-state index >= 15 is 0 Å². The van der Waals surface area contributed by atoms with Gasteiger partial charge in [-0.15, -0.1) is 0 Å². The van der Waals surface area contributed by atoms with E-state index < -0.39 is 90.4 Å². The van der Waals surface area contributed by atoms with Gasteiger partial charge in [0, 0.05) is 27.2 Å². The largest absolute Gasteiger partial charge is 0.460 e. The standard InChI is InChI=1S/C52H84N6O10/c1-32(2)25-40(31-59)57(13)48(61)46(44(53)38-21-17-15-18-22-38)67-51(64)42(27-34(5)6)56(12)30-37(10)66-52(65)43(28-35(7)8)58(14)49(62)47(45(54)39-23-19-16-20-24-39)68-50(63)41(26-33(3)4)55(11)29-36(9)60/h15-24,31-37,40-47,60H,25-30,53-54H2,1-14H3. The highest BCUT2D eigenvalue weighted by molar-refractivity contribution is 5.90. The van der Waals surface area contributed by atoms with Crippen LogP contribution in [-0.2, 0) is 43.0 Å². The molecule has 5 N–H and O–H groups in total. The van der Waals surface area contributed by atoms with E-state index in [0.29, 0.717) is 36.7 Å². The molecule has 10 unspecified atom stereocenters. The van der Waals surface area contributed by atoms with E-state index in [9.17, 15) is 33.9 Å². The molecule has 0 fully saturated rings. The summed E-state index contributed by atoms with van der Waals surface area (Å²) in [7, 11) is 6.36. The summed E-state index contributed by atoms with van der Waals surface area (Å²) in [5.41, 5.74) is 14.5. The first kappa shape index (κ1) is 59.4. The predicted octanol–water partition coefficient (Wildman–Crippen LogP) is 5.16. The first-order chi connectivity index (χ1) is 31.8. The van der Waals surface area contributed by atoms with Crippen molar-refractivity contribution in [3.8, 4) is 0 Å². The Morgan fingerprint density at radius 2 is 0.882 bits per heavy atom. The molecule has 10 atom stereocenters. The van der Waals surface area contributed by atoms with Gasteiger partial charge in [-0.2, -0.15) is 0 Å². The quantitative estimate of drug-likeness (QED) is 0.0546. The summed E-state index contributed by atoms with van der Waals surface area (Å²) in [6.45, 7) is 19.1. The molecular formula is C52H84N6O10. The number of aldehydes is 1. The number of aliphatic hydroxyl groups excluding tert-OH is 1. The monoisotopic (exact) mass is 953 g/mol. The molecule has 2 rings (SSSR count). The lowest BCUT2D eigenvalue weighted by Crippen LogP contribution is -2.54. The van der Waals surface area contributed by atoms with Crippen molar-refractivity contribution in [2.45, 2.75) is 156 Å². The van der Waals surface area contributed by atoms with E-state index in [4.69, 9.17) is 25.7 Å². The molecule has 382 valence electrons. The van der Waals surface area contributed by atoms with Gasteiger partial charge in [0.25, 0.3) is 11.8 Å². The molecule has 68 heavy (non-hydrogen) atoms. The maximum absolute atomic E-state index is 14.7. The molecule has 0 heterocycles. The fourth-order valence-electron chi connectivity index (χ4n) is 8.22. The van der Waals surface area contributed by atoms with Gasteiger partial charge in [0.2, 0.25) is 0 Å². The van der Waals surface area contributed by atoms with Gasteiger partial charge in [-0.25, -0.2) is 4.79 Å². The number of aliphatic hydroxyl groups is 1. The van der Waals surface area contributed by atoms with Gasteiger partial charge in [0.1, 0.15) is 30.5 Å². The molecule has 2 amide bonds. The van der Waals surface area contributed by atoms with Crippen LogP contribution >= 0.6 is 0 Å². The topological polar surface area (TPSA) is 215 Å². The Morgan fingerprint density at radius 3 is 1.25 bits per heavy atom. The fraction of sp³-hybridized carbons (Fsp3) is 0.654. The van der Waals surface area contributed by atoms with E-state index in [1.165, 1.54) is 23.9 Å². The van der Waals surface area contributed by atoms with Crippen LogP contribution in [0.1, 0.15) is 118 Å². The summed E-state index contributed by atoms with van der Waals surface area (Å²) >= 11 is 0. The Kier molecular flexibility index (Phi) is 25.0. The Balaban J connectivity index is 2.45. The molecule has 0 aliphatic carbocycles. The van der Waals surface area contributed by atoms with Gasteiger partial charge in [0.15, 0.2) is 12.2 Å². The normalized spacial score (nSPS) is 16.3. The molecule has 0 radical (unpaired) electrons. The number of esters is 3. The first-order valence-corrected chi connectivity index (χ1v) is 24.1. The molecule has 0 bridgehead atoms. The van der Waals surface area contributed by atoms with E-state index in [0.717, 1.165) is 0 Å². The van der Waals surface area contributed by atoms with Crippen LogP contribution in [0.3, 0.4) is 0 Å². The SMILES string of the molecule is CC(C)CC(C(=O)OC(C(=O)N(C)C(C=O)CC(C)C)C(N)c1ccccc1)N(C)CC(C)OC(=O)C(CC(C)C)N(C)C(=O)C(OC(=O)C(CC(C)C)N(C)CC(C)O)C(N)c1ccccc1. The van der Waals surface area contributed by atoms with Crippen LogP contribution in [0.5, 0.6) is 0 Å². The zero-order valence-corrected chi connectivity index (χ0v) is 43.2. The Labute approximate surface area is 406 Å². The minimum atomic E-state index is -1.52. The summed E-state index contributed by atoms with van der Waals surface area (Å²) in [5.74, 6) is -3.32. The van der Waals surface area contributed by atoms with Crippen molar-refractivity contribution in [1.82, 2.24) is 19.6 Å². The van der Waals surface area contributed by atoms with Gasteiger partial charge in [-0.1, -0.05) is 116 Å². The number of rotatable bonds is 29. The Hall–Kier alpha value is -4.74. The van der Waals surface area contributed by atoms with Crippen molar-refractivity contribution >= 4 is 36.0 Å². The van der Waals surface area contributed by atoms with Gasteiger partial charge >= 0.3 is 17.9 Å². The Bertz CT molecular complexity index is 1860. The van der Waals surface area contributed by atoms with Crippen molar-refractivity contribution in [2.75, 3.05) is 41.3 Å². The van der Waals surface area contributed by atoms with Crippen molar-refractivity contribution < 1.29 is 48.1 Å². The van der Waals surface area contributed by atoms with Crippen LogP contribution in [0.2, 0.25) is 0 Å². The summed E-state index contributed by atoms with van der Waals surface area (Å²) in [4.78, 5) is 89.5. The first-order valence-electron chi connectivity index (χ1n) is 24.1. The highest BCUT2D eigenvalue weighted by Gasteiger charge is 2.42. The third-order valence-electron chi connectivity index (χ3n) is 11.9. The average Bonchev–Trinajstić information content (AvgIpc) is 3.27. The van der Waals surface area contributed by atoms with E-state index in [-0.39, 0.29) is 43.2 Å². The molecule has 2 aromatic carbocycles. The Morgan fingerprint density at radius 1 is 0.529 bits per heavy atom. The highest BCUT2D eigenvalue weighted by atomic mass is 16.6. The van der Waals surface area contributed by atoms with Gasteiger partial charge in [-0.05, 0) is 88.4 Å². The number of benzene rings is 2. The number of carbonyl (C=O) groups excluding carboxylic acids is 6. The number of ether oxygens (including phenoxy) is 3. The zero-order valence-electron chi connectivity index (χ0n) is 43.2. The van der Waals surface area contributed by atoms with Crippen LogP contribution in [0.25, 0.3) is 0 Å².